The molecule has 0 saturated carbocycles. The van der Waals surface area contributed by atoms with Gasteiger partial charge in [0.15, 0.2) is 0 Å². The summed E-state index contributed by atoms with van der Waals surface area (Å²) in [5.41, 5.74) is 0. The lowest BCUT2D eigenvalue weighted by molar-refractivity contribution is -0.576. The second kappa shape index (κ2) is 2.69. The molecule has 1 heterocycles. The number of H-pyrrole nitrogens is 1. The van der Waals surface area contributed by atoms with Gasteiger partial charge in [-0.2, -0.15) is 0 Å². The highest BCUT2D eigenvalue weighted by Crippen LogP contribution is 2.04. The zero-order valence-corrected chi connectivity index (χ0v) is 6.46. The molecule has 54 valence electrons. The first-order chi connectivity index (χ1) is 4.75. The number of nitrogens with one attached hydrogen (secondary N) is 1. The van der Waals surface area contributed by atoms with Gasteiger partial charge in [0.05, 0.1) is 12.1 Å². The lowest BCUT2D eigenvalue weighted by Crippen LogP contribution is -2.28. The van der Waals surface area contributed by atoms with E-state index in [2.05, 4.69) is 25.4 Å². The molecule has 0 unspecified atom stereocenters. The molecule has 0 aliphatic heterocycles. The van der Waals surface area contributed by atoms with E-state index in [-0.39, 0.29) is 0 Å². The highest BCUT2D eigenvalue weighted by molar-refractivity contribution is 4.99. The van der Waals surface area contributed by atoms with Crippen LogP contribution < -0.4 is 4.57 Å². The van der Waals surface area contributed by atoms with Crippen LogP contribution in [0.2, 0.25) is 0 Å². The van der Waals surface area contributed by atoms with Crippen LogP contribution in [0.3, 0.4) is 0 Å². The number of imidazole rings is 1. The molecule has 0 amide bonds. The van der Waals surface area contributed by atoms with Crippen molar-refractivity contribution in [3.63, 3.8) is 0 Å². The van der Waals surface area contributed by atoms with Crippen molar-refractivity contribution in [2.75, 3.05) is 0 Å². The Labute approximate surface area is 61.2 Å². The van der Waals surface area contributed by atoms with Crippen molar-refractivity contribution >= 4 is 6.20 Å². The van der Waals surface area contributed by atoms with Gasteiger partial charge in [-0.15, -0.1) is 0 Å². The summed E-state index contributed by atoms with van der Waals surface area (Å²) >= 11 is 0. The molecule has 2 nitrogen and oxygen atoms in total. The maximum Gasteiger partial charge on any atom is 0.261 e. The van der Waals surface area contributed by atoms with Crippen LogP contribution in [0.4, 0.5) is 0 Å². The lowest BCUT2D eigenvalue weighted by Gasteiger charge is -1.95. The second-order valence-corrected chi connectivity index (χ2v) is 2.59. The van der Waals surface area contributed by atoms with Gasteiger partial charge >= 0.3 is 0 Å². The van der Waals surface area contributed by atoms with Gasteiger partial charge in [-0.1, -0.05) is 20.4 Å². The highest BCUT2D eigenvalue weighted by atomic mass is 15.0. The third kappa shape index (κ3) is 1.10. The second-order valence-electron chi connectivity index (χ2n) is 2.59. The number of rotatable bonds is 2. The Morgan fingerprint density at radius 1 is 1.70 bits per heavy atom. The van der Waals surface area contributed by atoms with E-state index >= 15 is 0 Å². The Hall–Kier alpha value is -1.05. The van der Waals surface area contributed by atoms with Crippen LogP contribution in [-0.2, 0) is 0 Å². The highest BCUT2D eigenvalue weighted by Gasteiger charge is 2.10. The Morgan fingerprint density at radius 3 is 2.80 bits per heavy atom. The summed E-state index contributed by atoms with van der Waals surface area (Å²) < 4.78 is 1.99. The maximum absolute atomic E-state index is 3.69. The minimum atomic E-state index is 0.521. The Morgan fingerprint density at radius 2 is 2.40 bits per heavy atom. The molecule has 0 atom stereocenters. The quantitative estimate of drug-likeness (QED) is 0.596. The minimum Gasteiger partial charge on any atom is -0.247 e. The molecule has 1 aromatic rings. The molecule has 0 aromatic carbocycles. The van der Waals surface area contributed by atoms with Gasteiger partial charge in [-0.3, -0.25) is 0 Å². The van der Waals surface area contributed by atoms with Gasteiger partial charge in [0.2, 0.25) is 0 Å². The van der Waals surface area contributed by atoms with Crippen molar-refractivity contribution in [3.05, 3.63) is 24.8 Å². The lowest BCUT2D eigenvalue weighted by atomic mass is 10.2. The average Bonchev–Trinajstić information content (AvgIpc) is 2.33. The van der Waals surface area contributed by atoms with Crippen LogP contribution >= 0.6 is 0 Å². The summed E-state index contributed by atoms with van der Waals surface area (Å²) in [6.45, 7) is 7.98. The van der Waals surface area contributed by atoms with Crippen LogP contribution in [0.5, 0.6) is 0 Å². The predicted octanol–water partition coefficient (Wildman–Crippen LogP) is 1.53. The fraction of sp³-hybridized carbons (Fsp3) is 0.375. The fourth-order valence-electron chi connectivity index (χ4n) is 0.982. The molecule has 1 N–H and O–H groups in total. The summed E-state index contributed by atoms with van der Waals surface area (Å²) in [5, 5.41) is 0. The van der Waals surface area contributed by atoms with Gasteiger partial charge in [0.25, 0.3) is 5.82 Å². The summed E-state index contributed by atoms with van der Waals surface area (Å²) in [7, 11) is 0. The monoisotopic (exact) mass is 137 g/mol. The fourth-order valence-corrected chi connectivity index (χ4v) is 0.982. The number of aromatic nitrogens is 2. The maximum atomic E-state index is 3.69. The summed E-state index contributed by atoms with van der Waals surface area (Å²) in [5.74, 6) is 1.71. The first-order valence-electron chi connectivity index (χ1n) is 3.46. The molecule has 0 bridgehead atoms. The molecule has 0 saturated heterocycles. The smallest absolute Gasteiger partial charge is 0.247 e. The molecule has 0 fully saturated rings. The largest absolute Gasteiger partial charge is 0.261 e. The van der Waals surface area contributed by atoms with E-state index in [0.29, 0.717) is 5.92 Å². The number of aromatic amines is 1. The Kier molecular flexibility index (Phi) is 1.90. The molecule has 0 aliphatic rings. The van der Waals surface area contributed by atoms with Crippen molar-refractivity contribution in [2.24, 2.45) is 0 Å². The SMILES string of the molecule is C=C[n+]1cc[nH]c1C(C)C. The van der Waals surface area contributed by atoms with Crippen LogP contribution in [0.15, 0.2) is 19.0 Å². The molecule has 10 heavy (non-hydrogen) atoms. The van der Waals surface area contributed by atoms with Gasteiger partial charge in [-0.25, -0.2) is 9.55 Å². The molecule has 0 aliphatic carbocycles. The third-order valence-electron chi connectivity index (χ3n) is 1.49. The zero-order chi connectivity index (χ0) is 7.56. The predicted molar refractivity (Wildman–Crippen MR) is 41.5 cm³/mol. The van der Waals surface area contributed by atoms with Gasteiger partial charge in [-0.05, 0) is 0 Å². The van der Waals surface area contributed by atoms with E-state index in [0.717, 1.165) is 0 Å². The van der Waals surface area contributed by atoms with Crippen molar-refractivity contribution in [3.8, 4) is 0 Å². The van der Waals surface area contributed by atoms with Crippen LogP contribution in [0.1, 0.15) is 25.6 Å². The van der Waals surface area contributed by atoms with Crippen molar-refractivity contribution in [1.29, 1.82) is 0 Å². The molecule has 1 rings (SSSR count). The van der Waals surface area contributed by atoms with Crippen molar-refractivity contribution in [2.45, 2.75) is 19.8 Å². The summed E-state index contributed by atoms with van der Waals surface area (Å²) in [4.78, 5) is 3.15. The Bertz CT molecular complexity index is 223. The van der Waals surface area contributed by atoms with Crippen molar-refractivity contribution < 1.29 is 4.57 Å². The van der Waals surface area contributed by atoms with Crippen LogP contribution in [0.25, 0.3) is 6.20 Å². The standard InChI is InChI=1S/C8H12N2/c1-4-10-6-5-9-8(10)7(2)3/h4-7H,1H2,2-3H3/p+1. The first kappa shape index (κ1) is 7.06. The summed E-state index contributed by atoms with van der Waals surface area (Å²) in [6.07, 6.45) is 5.67. The molecule has 0 spiro atoms. The van der Waals surface area contributed by atoms with E-state index in [4.69, 9.17) is 0 Å². The number of hydrogen-bond donors (Lipinski definition) is 1. The molecule has 0 radical (unpaired) electrons. The molecular formula is C8H13N2+. The van der Waals surface area contributed by atoms with Gasteiger partial charge < -0.3 is 0 Å². The molecular weight excluding hydrogens is 124 g/mol. The Balaban J connectivity index is 3.01. The van der Waals surface area contributed by atoms with E-state index in [1.807, 2.05) is 17.0 Å². The zero-order valence-electron chi connectivity index (χ0n) is 6.46. The van der Waals surface area contributed by atoms with Crippen molar-refractivity contribution in [1.82, 2.24) is 4.98 Å². The van der Waals surface area contributed by atoms with Crippen LogP contribution in [-0.4, -0.2) is 4.98 Å². The van der Waals surface area contributed by atoms with Gasteiger partial charge in [0.1, 0.15) is 12.4 Å². The van der Waals surface area contributed by atoms with Crippen LogP contribution in [0, 0.1) is 0 Å². The van der Waals surface area contributed by atoms with E-state index in [1.165, 1.54) is 5.82 Å². The molecule has 2 heteroatoms. The van der Waals surface area contributed by atoms with E-state index in [1.54, 1.807) is 6.20 Å². The topological polar surface area (TPSA) is 19.7 Å². The number of nitrogens with zero attached hydrogens (tertiary/aromatic N) is 1. The van der Waals surface area contributed by atoms with E-state index < -0.39 is 0 Å². The third-order valence-corrected chi connectivity index (χ3v) is 1.49. The minimum absolute atomic E-state index is 0.521. The normalized spacial score (nSPS) is 10.3. The molecule has 1 aromatic heterocycles. The first-order valence-corrected chi connectivity index (χ1v) is 3.46. The van der Waals surface area contributed by atoms with Gasteiger partial charge in [0, 0.05) is 0 Å². The number of hydrogen-bond acceptors (Lipinski definition) is 0. The summed E-state index contributed by atoms with van der Waals surface area (Å²) in [6, 6.07) is 0. The van der Waals surface area contributed by atoms with E-state index in [9.17, 15) is 0 Å². The average molecular weight is 137 g/mol.